The molecule has 0 radical (unpaired) electrons. The fourth-order valence-electron chi connectivity index (χ4n) is 1.47. The molecular formula is C11H16N2O2. The largest absolute Gasteiger partial charge is 0.481 e. The number of hydrogen-bond donors (Lipinski definition) is 2. The van der Waals surface area contributed by atoms with Gasteiger partial charge in [0.1, 0.15) is 0 Å². The second-order valence-electron chi connectivity index (χ2n) is 3.64. The van der Waals surface area contributed by atoms with Crippen LogP contribution in [0, 0.1) is 0 Å². The molecule has 0 aromatic carbocycles. The molecule has 4 heteroatoms. The molecule has 0 aliphatic heterocycles. The van der Waals surface area contributed by atoms with Crippen LogP contribution in [0.25, 0.3) is 0 Å². The molecule has 0 aliphatic carbocycles. The molecule has 15 heavy (non-hydrogen) atoms. The van der Waals surface area contributed by atoms with Crippen molar-refractivity contribution in [3.63, 3.8) is 0 Å². The van der Waals surface area contributed by atoms with Crippen LogP contribution >= 0.6 is 0 Å². The molecule has 4 nitrogen and oxygen atoms in total. The average Bonchev–Trinajstić information content (AvgIpc) is 2.17. The molecule has 2 atom stereocenters. The summed E-state index contributed by atoms with van der Waals surface area (Å²) in [6, 6.07) is 5.71. The Kier molecular flexibility index (Phi) is 4.24. The molecule has 2 unspecified atom stereocenters. The molecule has 1 rings (SSSR count). The first-order valence-electron chi connectivity index (χ1n) is 4.98. The van der Waals surface area contributed by atoms with E-state index >= 15 is 0 Å². The number of rotatable bonds is 5. The smallest absolute Gasteiger partial charge is 0.304 e. The first-order valence-corrected chi connectivity index (χ1v) is 4.98. The van der Waals surface area contributed by atoms with Crippen LogP contribution < -0.4 is 5.32 Å². The van der Waals surface area contributed by atoms with Gasteiger partial charge in [0.15, 0.2) is 0 Å². The van der Waals surface area contributed by atoms with Crippen molar-refractivity contribution in [1.82, 2.24) is 10.3 Å². The van der Waals surface area contributed by atoms with E-state index in [1.54, 1.807) is 6.20 Å². The van der Waals surface area contributed by atoms with Gasteiger partial charge in [0.05, 0.1) is 12.1 Å². The summed E-state index contributed by atoms with van der Waals surface area (Å²) in [5, 5.41) is 11.8. The zero-order valence-electron chi connectivity index (χ0n) is 8.97. The van der Waals surface area contributed by atoms with Crippen molar-refractivity contribution in [2.75, 3.05) is 0 Å². The second-order valence-corrected chi connectivity index (χ2v) is 3.64. The standard InChI is InChI=1S/C11H16N2O2/c1-8(7-11(14)15)13-9(2)10-5-3-4-6-12-10/h3-6,8-9,13H,7H2,1-2H3,(H,14,15). The van der Waals surface area contributed by atoms with Crippen molar-refractivity contribution in [3.8, 4) is 0 Å². The molecule has 2 N–H and O–H groups in total. The van der Waals surface area contributed by atoms with E-state index < -0.39 is 5.97 Å². The molecule has 0 fully saturated rings. The lowest BCUT2D eigenvalue weighted by atomic mass is 10.1. The van der Waals surface area contributed by atoms with Gasteiger partial charge in [-0.15, -0.1) is 0 Å². The van der Waals surface area contributed by atoms with Crippen molar-refractivity contribution in [3.05, 3.63) is 30.1 Å². The Balaban J connectivity index is 2.49. The van der Waals surface area contributed by atoms with E-state index in [1.165, 1.54) is 0 Å². The highest BCUT2D eigenvalue weighted by atomic mass is 16.4. The number of aliphatic carboxylic acids is 1. The molecule has 0 bridgehead atoms. The Labute approximate surface area is 89.3 Å². The third kappa shape index (κ3) is 4.08. The maximum atomic E-state index is 10.5. The van der Waals surface area contributed by atoms with Gasteiger partial charge in [0, 0.05) is 18.3 Å². The number of hydrogen-bond acceptors (Lipinski definition) is 3. The summed E-state index contributed by atoms with van der Waals surface area (Å²) in [6.45, 7) is 3.83. The van der Waals surface area contributed by atoms with E-state index in [2.05, 4.69) is 10.3 Å². The van der Waals surface area contributed by atoms with Crippen molar-refractivity contribution < 1.29 is 9.90 Å². The normalized spacial score (nSPS) is 14.5. The average molecular weight is 208 g/mol. The first kappa shape index (κ1) is 11.7. The summed E-state index contributed by atoms with van der Waals surface area (Å²) in [6.07, 6.45) is 1.85. The predicted molar refractivity (Wildman–Crippen MR) is 57.5 cm³/mol. The molecule has 0 saturated heterocycles. The van der Waals surface area contributed by atoms with E-state index in [0.717, 1.165) is 5.69 Å². The SMILES string of the molecule is CC(CC(=O)O)NC(C)c1ccccn1. The predicted octanol–water partition coefficient (Wildman–Crippen LogP) is 1.60. The highest BCUT2D eigenvalue weighted by molar-refractivity contribution is 5.67. The highest BCUT2D eigenvalue weighted by Crippen LogP contribution is 2.09. The number of aromatic nitrogens is 1. The van der Waals surface area contributed by atoms with Crippen LogP contribution in [0.15, 0.2) is 24.4 Å². The summed E-state index contributed by atoms with van der Waals surface area (Å²) >= 11 is 0. The molecule has 82 valence electrons. The number of carboxylic acid groups (broad SMARTS) is 1. The first-order chi connectivity index (χ1) is 7.09. The van der Waals surface area contributed by atoms with Crippen LogP contribution in [-0.2, 0) is 4.79 Å². The Hall–Kier alpha value is -1.42. The quantitative estimate of drug-likeness (QED) is 0.771. The van der Waals surface area contributed by atoms with Crippen LogP contribution in [-0.4, -0.2) is 22.1 Å². The van der Waals surface area contributed by atoms with Crippen molar-refractivity contribution >= 4 is 5.97 Å². The maximum absolute atomic E-state index is 10.5. The van der Waals surface area contributed by atoms with Gasteiger partial charge in [0.25, 0.3) is 0 Å². The molecule has 1 heterocycles. The lowest BCUT2D eigenvalue weighted by Crippen LogP contribution is -2.31. The summed E-state index contributed by atoms with van der Waals surface area (Å²) in [4.78, 5) is 14.7. The minimum absolute atomic E-state index is 0.0560. The Bertz CT molecular complexity index is 314. The minimum Gasteiger partial charge on any atom is -0.481 e. The van der Waals surface area contributed by atoms with E-state index in [9.17, 15) is 4.79 Å². The van der Waals surface area contributed by atoms with Gasteiger partial charge >= 0.3 is 5.97 Å². The van der Waals surface area contributed by atoms with Gasteiger partial charge in [-0.2, -0.15) is 0 Å². The van der Waals surface area contributed by atoms with Gasteiger partial charge in [-0.3, -0.25) is 9.78 Å². The zero-order valence-corrected chi connectivity index (χ0v) is 8.97. The van der Waals surface area contributed by atoms with E-state index in [4.69, 9.17) is 5.11 Å². The molecule has 1 aromatic rings. The van der Waals surface area contributed by atoms with Crippen LogP contribution in [0.3, 0.4) is 0 Å². The Morgan fingerprint density at radius 2 is 2.27 bits per heavy atom. The monoisotopic (exact) mass is 208 g/mol. The number of pyridine rings is 1. The molecule has 1 aromatic heterocycles. The van der Waals surface area contributed by atoms with E-state index in [1.807, 2.05) is 32.0 Å². The van der Waals surface area contributed by atoms with Crippen LogP contribution in [0.4, 0.5) is 0 Å². The number of nitrogens with one attached hydrogen (secondary N) is 1. The molecule has 0 aliphatic rings. The van der Waals surface area contributed by atoms with Crippen molar-refractivity contribution in [1.29, 1.82) is 0 Å². The van der Waals surface area contributed by atoms with Crippen LogP contribution in [0.1, 0.15) is 32.0 Å². The van der Waals surface area contributed by atoms with Crippen molar-refractivity contribution in [2.24, 2.45) is 0 Å². The fraction of sp³-hybridized carbons (Fsp3) is 0.455. The van der Waals surface area contributed by atoms with Crippen LogP contribution in [0.5, 0.6) is 0 Å². The molecular weight excluding hydrogens is 192 g/mol. The van der Waals surface area contributed by atoms with Gasteiger partial charge in [-0.05, 0) is 26.0 Å². The van der Waals surface area contributed by atoms with E-state index in [-0.39, 0.29) is 18.5 Å². The van der Waals surface area contributed by atoms with Crippen LogP contribution in [0.2, 0.25) is 0 Å². The second kappa shape index (κ2) is 5.46. The summed E-state index contributed by atoms with van der Waals surface area (Å²) in [5.41, 5.74) is 0.926. The summed E-state index contributed by atoms with van der Waals surface area (Å²) < 4.78 is 0. The number of carbonyl (C=O) groups is 1. The fourth-order valence-corrected chi connectivity index (χ4v) is 1.47. The van der Waals surface area contributed by atoms with Gasteiger partial charge in [-0.25, -0.2) is 0 Å². The number of nitrogens with zero attached hydrogens (tertiary/aromatic N) is 1. The van der Waals surface area contributed by atoms with Gasteiger partial charge < -0.3 is 10.4 Å². The molecule has 0 amide bonds. The number of carboxylic acids is 1. The van der Waals surface area contributed by atoms with Crippen molar-refractivity contribution in [2.45, 2.75) is 32.4 Å². The Morgan fingerprint density at radius 3 is 2.80 bits per heavy atom. The lowest BCUT2D eigenvalue weighted by Gasteiger charge is -2.17. The lowest BCUT2D eigenvalue weighted by molar-refractivity contribution is -0.137. The summed E-state index contributed by atoms with van der Waals surface area (Å²) in [5.74, 6) is -0.789. The third-order valence-electron chi connectivity index (χ3n) is 2.15. The topological polar surface area (TPSA) is 62.2 Å². The minimum atomic E-state index is -0.789. The summed E-state index contributed by atoms with van der Waals surface area (Å²) in [7, 11) is 0. The van der Waals surface area contributed by atoms with Gasteiger partial charge in [-0.1, -0.05) is 6.07 Å². The molecule has 0 spiro atoms. The third-order valence-corrected chi connectivity index (χ3v) is 2.15. The van der Waals surface area contributed by atoms with Gasteiger partial charge in [0.2, 0.25) is 0 Å². The maximum Gasteiger partial charge on any atom is 0.304 e. The zero-order chi connectivity index (χ0) is 11.3. The highest BCUT2D eigenvalue weighted by Gasteiger charge is 2.12. The molecule has 0 saturated carbocycles. The Morgan fingerprint density at radius 1 is 1.53 bits per heavy atom. The van der Waals surface area contributed by atoms with E-state index in [0.29, 0.717) is 0 Å².